The van der Waals surface area contributed by atoms with Crippen molar-refractivity contribution in [3.8, 4) is 5.75 Å². The first-order chi connectivity index (χ1) is 9.20. The average molecular weight is 302 g/mol. The molecule has 0 bridgehead atoms. The number of carbonyl (C=O) groups excluding carboxylic acids is 1. The van der Waals surface area contributed by atoms with Crippen molar-refractivity contribution < 1.29 is 23.1 Å². The highest BCUT2D eigenvalue weighted by Crippen LogP contribution is 2.26. The maximum absolute atomic E-state index is 12.5. The summed E-state index contributed by atoms with van der Waals surface area (Å²) in [5, 5.41) is 9.33. The van der Waals surface area contributed by atoms with Crippen LogP contribution in [0.4, 0.5) is 5.69 Å². The summed E-state index contributed by atoms with van der Waals surface area (Å²) in [5.74, 6) is -0.859. The Labute approximate surface area is 118 Å². The van der Waals surface area contributed by atoms with Gasteiger partial charge in [0.05, 0.1) is 17.7 Å². The third-order valence-electron chi connectivity index (χ3n) is 2.69. The maximum Gasteiger partial charge on any atom is 0.321 e. The number of phenols is 1. The van der Waals surface area contributed by atoms with Gasteiger partial charge < -0.3 is 15.6 Å². The number of anilines is 1. The monoisotopic (exact) mass is 302 g/mol. The number of rotatable bonds is 5. The molecule has 0 saturated carbocycles. The summed E-state index contributed by atoms with van der Waals surface area (Å²) >= 11 is 0. The van der Waals surface area contributed by atoms with E-state index in [0.29, 0.717) is 0 Å². The minimum Gasteiger partial charge on any atom is -0.506 e. The van der Waals surface area contributed by atoms with Gasteiger partial charge in [0.15, 0.2) is 0 Å². The smallest absolute Gasteiger partial charge is 0.321 e. The molecule has 7 nitrogen and oxygen atoms in total. The van der Waals surface area contributed by atoms with Gasteiger partial charge in [-0.1, -0.05) is 0 Å². The van der Waals surface area contributed by atoms with Gasteiger partial charge in [0, 0.05) is 6.04 Å². The van der Waals surface area contributed by atoms with Gasteiger partial charge in [0.25, 0.3) is 0 Å². The maximum atomic E-state index is 12.5. The number of hydrogen-bond acceptors (Lipinski definition) is 6. The molecule has 0 aliphatic rings. The first-order valence-corrected chi connectivity index (χ1v) is 7.31. The van der Waals surface area contributed by atoms with Gasteiger partial charge >= 0.3 is 5.97 Å². The summed E-state index contributed by atoms with van der Waals surface area (Å²) < 4.78 is 30.4. The number of benzene rings is 1. The Kier molecular flexibility index (Phi) is 4.96. The van der Waals surface area contributed by atoms with Crippen molar-refractivity contribution in [3.63, 3.8) is 0 Å². The van der Waals surface area contributed by atoms with Crippen molar-refractivity contribution in [1.82, 2.24) is 4.31 Å². The van der Waals surface area contributed by atoms with E-state index in [9.17, 15) is 18.3 Å². The third-order valence-corrected chi connectivity index (χ3v) is 4.71. The van der Waals surface area contributed by atoms with Crippen molar-refractivity contribution >= 4 is 21.7 Å². The molecule has 1 rings (SSSR count). The molecule has 112 valence electrons. The molecule has 0 saturated heterocycles. The number of aromatic hydroxyl groups is 1. The van der Waals surface area contributed by atoms with Gasteiger partial charge in [-0.2, -0.15) is 4.31 Å². The van der Waals surface area contributed by atoms with Crippen molar-refractivity contribution in [2.24, 2.45) is 0 Å². The van der Waals surface area contributed by atoms with E-state index in [-0.39, 0.29) is 16.3 Å². The lowest BCUT2D eigenvalue weighted by atomic mass is 10.3. The summed E-state index contributed by atoms with van der Waals surface area (Å²) in [6.07, 6.45) is 0. The standard InChI is InChI=1S/C12H18N2O5S/c1-8(2)14(7-12(16)19-3)20(17,18)9-4-5-11(15)10(13)6-9/h4-6,8,15H,7,13H2,1-3H3. The van der Waals surface area contributed by atoms with Gasteiger partial charge in [-0.25, -0.2) is 8.42 Å². The van der Waals surface area contributed by atoms with E-state index in [0.717, 1.165) is 10.4 Å². The molecular formula is C12H18N2O5S. The Hall–Kier alpha value is -1.80. The lowest BCUT2D eigenvalue weighted by Crippen LogP contribution is -2.41. The second-order valence-electron chi connectivity index (χ2n) is 4.44. The number of methoxy groups -OCH3 is 1. The van der Waals surface area contributed by atoms with Gasteiger partial charge in [-0.15, -0.1) is 0 Å². The van der Waals surface area contributed by atoms with Crippen LogP contribution in [-0.2, 0) is 19.6 Å². The summed E-state index contributed by atoms with van der Waals surface area (Å²) in [7, 11) is -2.72. The Balaban J connectivity index is 3.22. The quantitative estimate of drug-likeness (QED) is 0.467. The minimum atomic E-state index is -3.90. The first kappa shape index (κ1) is 16.3. The molecule has 0 heterocycles. The minimum absolute atomic E-state index is 0.0483. The fourth-order valence-electron chi connectivity index (χ4n) is 1.57. The molecule has 0 unspecified atom stereocenters. The van der Waals surface area contributed by atoms with Crippen molar-refractivity contribution in [3.05, 3.63) is 18.2 Å². The second-order valence-corrected chi connectivity index (χ2v) is 6.33. The predicted octanol–water partition coefficient (Wildman–Crippen LogP) is 0.546. The zero-order valence-corrected chi connectivity index (χ0v) is 12.3. The summed E-state index contributed by atoms with van der Waals surface area (Å²) in [6.45, 7) is 2.89. The highest BCUT2D eigenvalue weighted by atomic mass is 32.2. The molecule has 1 aromatic rings. The van der Waals surface area contributed by atoms with E-state index in [1.165, 1.54) is 19.2 Å². The Morgan fingerprint density at radius 1 is 1.45 bits per heavy atom. The van der Waals surface area contributed by atoms with Crippen molar-refractivity contribution in [2.45, 2.75) is 24.8 Å². The molecule has 1 aromatic carbocycles. The van der Waals surface area contributed by atoms with E-state index >= 15 is 0 Å². The molecule has 3 N–H and O–H groups in total. The van der Waals surface area contributed by atoms with Crippen LogP contribution in [0.15, 0.2) is 23.1 Å². The molecule has 0 amide bonds. The van der Waals surface area contributed by atoms with Crippen molar-refractivity contribution in [1.29, 1.82) is 0 Å². The number of carbonyl (C=O) groups is 1. The topological polar surface area (TPSA) is 110 Å². The van der Waals surface area contributed by atoms with E-state index in [1.807, 2.05) is 0 Å². The number of ether oxygens (including phenoxy) is 1. The molecule has 20 heavy (non-hydrogen) atoms. The highest BCUT2D eigenvalue weighted by molar-refractivity contribution is 7.89. The molecule has 8 heteroatoms. The third kappa shape index (κ3) is 3.40. The lowest BCUT2D eigenvalue weighted by molar-refractivity contribution is -0.141. The molecule has 0 aliphatic heterocycles. The molecular weight excluding hydrogens is 284 g/mol. The number of nitrogens with two attached hydrogens (primary N) is 1. The van der Waals surface area contributed by atoms with Crippen LogP contribution in [-0.4, -0.2) is 43.5 Å². The van der Waals surface area contributed by atoms with Crippen molar-refractivity contribution in [2.75, 3.05) is 19.4 Å². The Morgan fingerprint density at radius 3 is 2.50 bits per heavy atom. The van der Waals surface area contributed by atoms with Gasteiger partial charge in [0.1, 0.15) is 12.3 Å². The van der Waals surface area contributed by atoms with Crippen LogP contribution >= 0.6 is 0 Å². The molecule has 0 atom stereocenters. The van der Waals surface area contributed by atoms with Gasteiger partial charge in [-0.05, 0) is 32.0 Å². The van der Waals surface area contributed by atoms with E-state index in [1.54, 1.807) is 13.8 Å². The van der Waals surface area contributed by atoms with Crippen LogP contribution in [0.3, 0.4) is 0 Å². The number of esters is 1. The van der Waals surface area contributed by atoms with Crippen LogP contribution in [0.2, 0.25) is 0 Å². The molecule has 0 aliphatic carbocycles. The average Bonchev–Trinajstić information content (AvgIpc) is 2.37. The summed E-state index contributed by atoms with van der Waals surface area (Å²) in [6, 6.07) is 3.14. The van der Waals surface area contributed by atoms with Crippen LogP contribution in [0, 0.1) is 0 Å². The predicted molar refractivity (Wildman–Crippen MR) is 73.6 cm³/mol. The number of sulfonamides is 1. The van der Waals surface area contributed by atoms with Crippen LogP contribution < -0.4 is 5.73 Å². The number of nitrogens with zero attached hydrogens (tertiary/aromatic N) is 1. The number of phenolic OH excluding ortho intramolecular Hbond substituents is 1. The summed E-state index contributed by atoms with van der Waals surface area (Å²) in [4.78, 5) is 11.2. The fraction of sp³-hybridized carbons (Fsp3) is 0.417. The van der Waals surface area contributed by atoms with Gasteiger partial charge in [0.2, 0.25) is 10.0 Å². The lowest BCUT2D eigenvalue weighted by Gasteiger charge is -2.24. The zero-order chi connectivity index (χ0) is 15.5. The van der Waals surface area contributed by atoms with E-state index in [2.05, 4.69) is 4.74 Å². The zero-order valence-electron chi connectivity index (χ0n) is 11.5. The largest absolute Gasteiger partial charge is 0.506 e. The molecule has 0 aromatic heterocycles. The molecule has 0 spiro atoms. The first-order valence-electron chi connectivity index (χ1n) is 5.87. The summed E-state index contributed by atoms with van der Waals surface area (Å²) in [5.41, 5.74) is 5.45. The van der Waals surface area contributed by atoms with Crippen LogP contribution in [0.1, 0.15) is 13.8 Å². The Morgan fingerprint density at radius 2 is 2.05 bits per heavy atom. The molecule has 0 radical (unpaired) electrons. The number of hydrogen-bond donors (Lipinski definition) is 2. The Bertz CT molecular complexity index is 598. The fourth-order valence-corrected chi connectivity index (χ4v) is 3.18. The van der Waals surface area contributed by atoms with E-state index < -0.39 is 28.6 Å². The van der Waals surface area contributed by atoms with Crippen LogP contribution in [0.5, 0.6) is 5.75 Å². The van der Waals surface area contributed by atoms with E-state index in [4.69, 9.17) is 5.73 Å². The second kappa shape index (κ2) is 6.10. The van der Waals surface area contributed by atoms with Crippen LogP contribution in [0.25, 0.3) is 0 Å². The van der Waals surface area contributed by atoms with Gasteiger partial charge in [-0.3, -0.25) is 4.79 Å². The normalized spacial score (nSPS) is 11.8. The molecule has 0 fully saturated rings. The SMILES string of the molecule is COC(=O)CN(C(C)C)S(=O)(=O)c1ccc(O)c(N)c1. The highest BCUT2D eigenvalue weighted by Gasteiger charge is 2.29. The number of nitrogen functional groups attached to an aromatic ring is 1.